The minimum atomic E-state index is -0.457. The Morgan fingerprint density at radius 1 is 1.00 bits per heavy atom. The van der Waals surface area contributed by atoms with Gasteiger partial charge in [-0.25, -0.2) is 4.98 Å². The summed E-state index contributed by atoms with van der Waals surface area (Å²) in [5, 5.41) is 0.527. The van der Waals surface area contributed by atoms with Crippen LogP contribution in [0.1, 0.15) is 61.4 Å². The van der Waals surface area contributed by atoms with Crippen molar-refractivity contribution in [2.45, 2.75) is 46.1 Å². The van der Waals surface area contributed by atoms with Gasteiger partial charge in [0, 0.05) is 12.6 Å². The molecule has 36 heavy (non-hydrogen) atoms. The summed E-state index contributed by atoms with van der Waals surface area (Å²) in [7, 11) is 1.75. The Morgan fingerprint density at radius 3 is 2.36 bits per heavy atom. The van der Waals surface area contributed by atoms with Gasteiger partial charge in [0.05, 0.1) is 29.2 Å². The maximum absolute atomic E-state index is 13.6. The minimum Gasteiger partial charge on any atom is -0.494 e. The molecule has 0 spiro atoms. The van der Waals surface area contributed by atoms with Crippen LogP contribution in [0.4, 0.5) is 0 Å². The number of hydrogen-bond acceptors (Lipinski definition) is 4. The fraction of sp³-hybridized carbons (Fsp3) is 0.300. The summed E-state index contributed by atoms with van der Waals surface area (Å²) in [6.07, 6.45) is 3.27. The molecule has 0 N–H and O–H groups in total. The zero-order valence-corrected chi connectivity index (χ0v) is 21.4. The van der Waals surface area contributed by atoms with Gasteiger partial charge in [0.1, 0.15) is 11.6 Å². The molecule has 0 fully saturated rings. The van der Waals surface area contributed by atoms with Gasteiger partial charge >= 0.3 is 0 Å². The van der Waals surface area contributed by atoms with E-state index in [0.29, 0.717) is 34.6 Å². The van der Waals surface area contributed by atoms with Crippen LogP contribution in [0.5, 0.6) is 5.75 Å². The first-order valence-electron chi connectivity index (χ1n) is 12.6. The molecule has 1 unspecified atom stereocenters. The van der Waals surface area contributed by atoms with Crippen molar-refractivity contribution in [3.8, 4) is 11.4 Å². The molecular weight excluding hydrogens is 450 g/mol. The molecule has 0 saturated heterocycles. The van der Waals surface area contributed by atoms with Crippen molar-refractivity contribution in [3.05, 3.63) is 100 Å². The van der Waals surface area contributed by atoms with E-state index in [2.05, 4.69) is 6.92 Å². The van der Waals surface area contributed by atoms with Gasteiger partial charge in [-0.15, -0.1) is 0 Å². The SMILES string of the molecule is CCCCc1ccc(C(=O)N(C)C(C)c2nc3ccccc3c(=O)n2-c2ccc(OCC)cc2)cc1. The van der Waals surface area contributed by atoms with Crippen molar-refractivity contribution in [2.75, 3.05) is 13.7 Å². The lowest BCUT2D eigenvalue weighted by molar-refractivity contribution is 0.0735. The fourth-order valence-corrected chi connectivity index (χ4v) is 4.29. The first kappa shape index (κ1) is 25.2. The van der Waals surface area contributed by atoms with Crippen molar-refractivity contribution in [3.63, 3.8) is 0 Å². The van der Waals surface area contributed by atoms with Gasteiger partial charge in [-0.1, -0.05) is 37.6 Å². The van der Waals surface area contributed by atoms with Crippen LogP contribution in [0.25, 0.3) is 16.6 Å². The Hall–Kier alpha value is -3.93. The summed E-state index contributed by atoms with van der Waals surface area (Å²) in [5.41, 5.74) is 2.94. The average Bonchev–Trinajstić information content (AvgIpc) is 2.91. The molecule has 0 aliphatic heterocycles. The quantitative estimate of drug-likeness (QED) is 0.295. The van der Waals surface area contributed by atoms with Crippen molar-refractivity contribution < 1.29 is 9.53 Å². The molecule has 0 aliphatic rings. The van der Waals surface area contributed by atoms with E-state index in [1.165, 1.54) is 5.56 Å². The standard InChI is InChI=1S/C30H33N3O3/c1-5-7-10-22-13-15-23(16-14-22)29(34)32(4)21(3)28-31-27-12-9-8-11-26(27)30(35)33(28)24-17-19-25(20-18-24)36-6-2/h8-9,11-21H,5-7,10H2,1-4H3. The van der Waals surface area contributed by atoms with Crippen LogP contribution in [0.3, 0.4) is 0 Å². The van der Waals surface area contributed by atoms with E-state index in [0.717, 1.165) is 25.0 Å². The van der Waals surface area contributed by atoms with Gasteiger partial charge in [-0.3, -0.25) is 14.2 Å². The van der Waals surface area contributed by atoms with Crippen molar-refractivity contribution in [1.29, 1.82) is 0 Å². The molecule has 0 radical (unpaired) electrons. The van der Waals surface area contributed by atoms with Crippen LogP contribution in [-0.2, 0) is 6.42 Å². The third-order valence-corrected chi connectivity index (χ3v) is 6.50. The molecule has 0 bridgehead atoms. The Kier molecular flexibility index (Phi) is 7.84. The highest BCUT2D eigenvalue weighted by Crippen LogP contribution is 2.24. The van der Waals surface area contributed by atoms with Crippen LogP contribution in [0, 0.1) is 0 Å². The molecule has 6 nitrogen and oxygen atoms in total. The Balaban J connectivity index is 1.73. The lowest BCUT2D eigenvalue weighted by atomic mass is 10.1. The third kappa shape index (κ3) is 5.18. The number of rotatable bonds is 9. The van der Waals surface area contributed by atoms with Crippen molar-refractivity contribution in [2.24, 2.45) is 0 Å². The van der Waals surface area contributed by atoms with Crippen LogP contribution in [0.2, 0.25) is 0 Å². The topological polar surface area (TPSA) is 64.4 Å². The minimum absolute atomic E-state index is 0.120. The van der Waals surface area contributed by atoms with E-state index < -0.39 is 6.04 Å². The van der Waals surface area contributed by atoms with E-state index >= 15 is 0 Å². The van der Waals surface area contributed by atoms with E-state index in [4.69, 9.17) is 9.72 Å². The molecule has 0 aliphatic carbocycles. The van der Waals surface area contributed by atoms with Crippen LogP contribution >= 0.6 is 0 Å². The summed E-state index contributed by atoms with van der Waals surface area (Å²) < 4.78 is 7.17. The second-order valence-corrected chi connectivity index (χ2v) is 8.95. The molecule has 4 rings (SSSR count). The van der Waals surface area contributed by atoms with Gasteiger partial charge in [0.15, 0.2) is 0 Å². The largest absolute Gasteiger partial charge is 0.494 e. The van der Waals surface area contributed by atoms with E-state index in [1.54, 1.807) is 22.6 Å². The molecule has 3 aromatic carbocycles. The summed E-state index contributed by atoms with van der Waals surface area (Å²) in [4.78, 5) is 33.5. The van der Waals surface area contributed by atoms with E-state index in [1.807, 2.05) is 80.6 Å². The molecule has 1 atom stereocenters. The zero-order valence-electron chi connectivity index (χ0n) is 21.4. The van der Waals surface area contributed by atoms with E-state index in [9.17, 15) is 9.59 Å². The number of aryl methyl sites for hydroxylation is 1. The molecule has 4 aromatic rings. The predicted molar refractivity (Wildman–Crippen MR) is 144 cm³/mol. The van der Waals surface area contributed by atoms with E-state index in [-0.39, 0.29) is 11.5 Å². The highest BCUT2D eigenvalue weighted by Gasteiger charge is 2.25. The predicted octanol–water partition coefficient (Wildman–Crippen LogP) is 5.96. The van der Waals surface area contributed by atoms with Gasteiger partial charge in [-0.2, -0.15) is 0 Å². The number of amides is 1. The molecule has 0 saturated carbocycles. The first-order valence-corrected chi connectivity index (χ1v) is 12.6. The Labute approximate surface area is 212 Å². The highest BCUT2D eigenvalue weighted by molar-refractivity contribution is 5.94. The number of carbonyl (C=O) groups excluding carboxylic acids is 1. The molecule has 1 amide bonds. The van der Waals surface area contributed by atoms with Crippen LogP contribution < -0.4 is 10.3 Å². The first-order chi connectivity index (χ1) is 17.4. The maximum Gasteiger partial charge on any atom is 0.266 e. The van der Waals surface area contributed by atoms with Gasteiger partial charge in [0.2, 0.25) is 0 Å². The smallest absolute Gasteiger partial charge is 0.266 e. The lowest BCUT2D eigenvalue weighted by Crippen LogP contribution is -2.34. The lowest BCUT2D eigenvalue weighted by Gasteiger charge is -2.27. The number of fused-ring (bicyclic) bond motifs is 1. The normalized spacial score (nSPS) is 11.9. The summed E-state index contributed by atoms with van der Waals surface area (Å²) in [5.74, 6) is 1.11. The third-order valence-electron chi connectivity index (χ3n) is 6.50. The number of ether oxygens (including phenoxy) is 1. The number of unbranched alkanes of at least 4 members (excludes halogenated alkanes) is 1. The number of nitrogens with zero attached hydrogens (tertiary/aromatic N) is 3. The Bertz CT molecular complexity index is 1390. The number of hydrogen-bond donors (Lipinski definition) is 0. The molecule has 1 aromatic heterocycles. The average molecular weight is 484 g/mol. The second kappa shape index (κ2) is 11.2. The van der Waals surface area contributed by atoms with Crippen LogP contribution in [0.15, 0.2) is 77.6 Å². The number of para-hydroxylation sites is 1. The summed E-state index contributed by atoms with van der Waals surface area (Å²) in [6.45, 7) is 6.56. The molecular formula is C30H33N3O3. The van der Waals surface area contributed by atoms with Crippen molar-refractivity contribution in [1.82, 2.24) is 14.5 Å². The maximum atomic E-state index is 13.6. The van der Waals surface area contributed by atoms with Gasteiger partial charge in [-0.05, 0) is 80.8 Å². The van der Waals surface area contributed by atoms with Crippen molar-refractivity contribution >= 4 is 16.8 Å². The van der Waals surface area contributed by atoms with Gasteiger partial charge in [0.25, 0.3) is 11.5 Å². The number of benzene rings is 3. The van der Waals surface area contributed by atoms with Crippen LogP contribution in [-0.4, -0.2) is 34.0 Å². The zero-order chi connectivity index (χ0) is 25.7. The molecule has 1 heterocycles. The number of aromatic nitrogens is 2. The second-order valence-electron chi connectivity index (χ2n) is 8.95. The summed E-state index contributed by atoms with van der Waals surface area (Å²) >= 11 is 0. The van der Waals surface area contributed by atoms with Gasteiger partial charge < -0.3 is 9.64 Å². The molecule has 6 heteroatoms. The fourth-order valence-electron chi connectivity index (χ4n) is 4.29. The summed E-state index contributed by atoms with van der Waals surface area (Å²) in [6, 6.07) is 22.0. The highest BCUT2D eigenvalue weighted by atomic mass is 16.5. The molecule has 186 valence electrons. The monoisotopic (exact) mass is 483 g/mol. The Morgan fingerprint density at radius 2 is 1.69 bits per heavy atom. The number of carbonyl (C=O) groups is 1.